The zero-order valence-corrected chi connectivity index (χ0v) is 12.9. The molecule has 1 saturated carbocycles. The summed E-state index contributed by atoms with van der Waals surface area (Å²) in [5.74, 6) is -0.138. The van der Waals surface area contributed by atoms with Crippen molar-refractivity contribution >= 4 is 5.97 Å². The van der Waals surface area contributed by atoms with Gasteiger partial charge < -0.3 is 9.84 Å². The second-order valence-electron chi connectivity index (χ2n) is 5.95. The van der Waals surface area contributed by atoms with Crippen molar-refractivity contribution in [3.05, 3.63) is 42.0 Å². The molecule has 1 aliphatic carbocycles. The Morgan fingerprint density at radius 1 is 1.48 bits per heavy atom. The van der Waals surface area contributed by atoms with Crippen molar-refractivity contribution in [2.24, 2.45) is 0 Å². The minimum absolute atomic E-state index is 0.0238. The lowest BCUT2D eigenvalue weighted by atomic mass is 9.96. The minimum Gasteiger partial charge on any atom is -0.507 e. The molecule has 1 aromatic rings. The van der Waals surface area contributed by atoms with Crippen molar-refractivity contribution in [1.82, 2.24) is 0 Å². The van der Waals surface area contributed by atoms with Gasteiger partial charge in [0.1, 0.15) is 16.9 Å². The van der Waals surface area contributed by atoms with E-state index >= 15 is 0 Å². The Labute approximate surface area is 126 Å². The van der Waals surface area contributed by atoms with Crippen LogP contribution in [0.25, 0.3) is 0 Å². The fourth-order valence-corrected chi connectivity index (χ4v) is 2.82. The molecule has 1 aromatic carbocycles. The van der Waals surface area contributed by atoms with Gasteiger partial charge in [-0.2, -0.15) is 0 Å². The second kappa shape index (κ2) is 6.33. The molecule has 1 aliphatic rings. The fourth-order valence-electron chi connectivity index (χ4n) is 2.82. The molecule has 1 N–H and O–H groups in total. The van der Waals surface area contributed by atoms with E-state index in [0.29, 0.717) is 5.92 Å². The van der Waals surface area contributed by atoms with Crippen LogP contribution in [0, 0.1) is 0 Å². The third-order valence-corrected chi connectivity index (χ3v) is 4.54. The molecule has 0 spiro atoms. The Hall–Kier alpha value is -1.77. The molecule has 1 unspecified atom stereocenters. The highest BCUT2D eigenvalue weighted by molar-refractivity contribution is 5.93. The van der Waals surface area contributed by atoms with E-state index < -0.39 is 11.6 Å². The van der Waals surface area contributed by atoms with Crippen LogP contribution >= 0.6 is 0 Å². The van der Waals surface area contributed by atoms with E-state index in [1.54, 1.807) is 18.2 Å². The molecule has 114 valence electrons. The number of phenols is 1. The van der Waals surface area contributed by atoms with Gasteiger partial charge in [-0.25, -0.2) is 4.79 Å². The van der Waals surface area contributed by atoms with E-state index in [1.807, 2.05) is 6.07 Å². The summed E-state index contributed by atoms with van der Waals surface area (Å²) in [6.45, 7) is 8.00. The Morgan fingerprint density at radius 2 is 2.14 bits per heavy atom. The zero-order valence-electron chi connectivity index (χ0n) is 12.9. The van der Waals surface area contributed by atoms with E-state index in [4.69, 9.17) is 4.74 Å². The van der Waals surface area contributed by atoms with E-state index in [0.717, 1.165) is 37.7 Å². The molecule has 0 amide bonds. The Bertz CT molecular complexity index is 527. The molecule has 0 heterocycles. The zero-order chi connectivity index (χ0) is 15.5. The first-order valence-corrected chi connectivity index (χ1v) is 7.71. The van der Waals surface area contributed by atoms with Crippen LogP contribution in [0.1, 0.15) is 67.8 Å². The normalized spacial score (nSPS) is 18.2. The van der Waals surface area contributed by atoms with Crippen molar-refractivity contribution in [2.45, 2.75) is 57.5 Å². The number of hydrogen-bond acceptors (Lipinski definition) is 3. The number of rotatable bonds is 5. The van der Waals surface area contributed by atoms with E-state index in [-0.39, 0.29) is 11.3 Å². The number of carbonyl (C=O) groups is 1. The van der Waals surface area contributed by atoms with Crippen molar-refractivity contribution in [2.75, 3.05) is 0 Å². The van der Waals surface area contributed by atoms with Gasteiger partial charge in [0.05, 0.1) is 0 Å². The lowest BCUT2D eigenvalue weighted by Gasteiger charge is -2.25. The molecular formula is C18H24O3. The molecule has 1 atom stereocenters. The molecule has 1 fully saturated rings. The van der Waals surface area contributed by atoms with Crippen LogP contribution in [-0.4, -0.2) is 16.7 Å². The molecule has 0 saturated heterocycles. The number of aromatic hydroxyl groups is 1. The molecule has 0 bridgehead atoms. The topological polar surface area (TPSA) is 46.5 Å². The molecule has 3 heteroatoms. The van der Waals surface area contributed by atoms with Gasteiger partial charge in [-0.1, -0.05) is 26.5 Å². The van der Waals surface area contributed by atoms with Crippen molar-refractivity contribution in [3.8, 4) is 5.75 Å². The number of esters is 1. The Kier molecular flexibility index (Phi) is 4.71. The van der Waals surface area contributed by atoms with Crippen LogP contribution in [-0.2, 0) is 4.74 Å². The Balaban J connectivity index is 2.24. The quantitative estimate of drug-likeness (QED) is 0.638. The summed E-state index contributed by atoms with van der Waals surface area (Å²) in [4.78, 5) is 12.4. The smallest absolute Gasteiger partial charge is 0.342 e. The van der Waals surface area contributed by atoms with Crippen LogP contribution < -0.4 is 0 Å². The first kappa shape index (κ1) is 15.6. The number of carbonyl (C=O) groups excluding carboxylic acids is 1. The van der Waals surface area contributed by atoms with Crippen LogP contribution in [0.5, 0.6) is 5.75 Å². The highest BCUT2D eigenvalue weighted by atomic mass is 16.6. The first-order chi connectivity index (χ1) is 10.0. The lowest BCUT2D eigenvalue weighted by molar-refractivity contribution is 0.00641. The molecular weight excluding hydrogens is 264 g/mol. The van der Waals surface area contributed by atoms with E-state index in [2.05, 4.69) is 20.4 Å². The number of benzene rings is 1. The van der Waals surface area contributed by atoms with Gasteiger partial charge in [0, 0.05) is 0 Å². The van der Waals surface area contributed by atoms with Gasteiger partial charge in [0.15, 0.2) is 0 Å². The molecule has 21 heavy (non-hydrogen) atoms. The monoisotopic (exact) mass is 288 g/mol. The number of phenolic OH excluding ortho intramolecular Hbond substituents is 1. The van der Waals surface area contributed by atoms with Crippen LogP contribution in [0.4, 0.5) is 0 Å². The van der Waals surface area contributed by atoms with Crippen molar-refractivity contribution < 1.29 is 14.6 Å². The standard InChI is InChI=1S/C18H24O3/c1-4-13(3)14-8-9-16(19)15(12-14)17(20)21-18(5-2)10-6-7-11-18/h5,8-9,12-13,19H,2,4,6-7,10-11H2,1,3H3. The summed E-state index contributed by atoms with van der Waals surface area (Å²) >= 11 is 0. The summed E-state index contributed by atoms with van der Waals surface area (Å²) in [5.41, 5.74) is 0.734. The average Bonchev–Trinajstić information content (AvgIpc) is 2.95. The minimum atomic E-state index is -0.560. The molecule has 3 nitrogen and oxygen atoms in total. The average molecular weight is 288 g/mol. The maximum atomic E-state index is 12.4. The van der Waals surface area contributed by atoms with Gasteiger partial charge in [-0.15, -0.1) is 0 Å². The lowest BCUT2D eigenvalue weighted by Crippen LogP contribution is -2.29. The van der Waals surface area contributed by atoms with Crippen LogP contribution in [0.2, 0.25) is 0 Å². The van der Waals surface area contributed by atoms with Crippen LogP contribution in [0.3, 0.4) is 0 Å². The SMILES string of the molecule is C=CC1(OC(=O)c2cc(C(C)CC)ccc2O)CCCC1. The summed E-state index contributed by atoms with van der Waals surface area (Å²) in [5, 5.41) is 9.96. The predicted octanol–water partition coefficient (Wildman–Crippen LogP) is 4.56. The molecule has 0 aliphatic heterocycles. The summed E-state index contributed by atoms with van der Waals surface area (Å²) in [6, 6.07) is 5.18. The van der Waals surface area contributed by atoms with Gasteiger partial charge in [-0.05, 0) is 61.8 Å². The fraction of sp³-hybridized carbons (Fsp3) is 0.500. The summed E-state index contributed by atoms with van der Waals surface area (Å²) < 4.78 is 5.67. The molecule has 0 aromatic heterocycles. The largest absolute Gasteiger partial charge is 0.507 e. The van der Waals surface area contributed by atoms with Gasteiger partial charge in [0.2, 0.25) is 0 Å². The van der Waals surface area contributed by atoms with Crippen molar-refractivity contribution in [3.63, 3.8) is 0 Å². The molecule has 0 radical (unpaired) electrons. The second-order valence-corrected chi connectivity index (χ2v) is 5.95. The summed E-state index contributed by atoms with van der Waals surface area (Å²) in [7, 11) is 0. The maximum Gasteiger partial charge on any atom is 0.342 e. The third kappa shape index (κ3) is 3.29. The van der Waals surface area contributed by atoms with Gasteiger partial charge >= 0.3 is 5.97 Å². The van der Waals surface area contributed by atoms with Gasteiger partial charge in [-0.3, -0.25) is 0 Å². The predicted molar refractivity (Wildman–Crippen MR) is 83.6 cm³/mol. The third-order valence-electron chi connectivity index (χ3n) is 4.54. The summed E-state index contributed by atoms with van der Waals surface area (Å²) in [6.07, 6.45) is 6.42. The first-order valence-electron chi connectivity index (χ1n) is 7.71. The van der Waals surface area contributed by atoms with Crippen molar-refractivity contribution in [1.29, 1.82) is 0 Å². The number of hydrogen-bond donors (Lipinski definition) is 1. The van der Waals surface area contributed by atoms with E-state index in [9.17, 15) is 9.90 Å². The number of ether oxygens (including phenoxy) is 1. The van der Waals surface area contributed by atoms with E-state index in [1.165, 1.54) is 0 Å². The maximum absolute atomic E-state index is 12.4. The molecule has 2 rings (SSSR count). The van der Waals surface area contributed by atoms with Gasteiger partial charge in [0.25, 0.3) is 0 Å². The highest BCUT2D eigenvalue weighted by Crippen LogP contribution is 2.36. The Morgan fingerprint density at radius 3 is 2.71 bits per heavy atom. The highest BCUT2D eigenvalue weighted by Gasteiger charge is 2.35. The van der Waals surface area contributed by atoms with Crippen LogP contribution in [0.15, 0.2) is 30.9 Å².